The average molecular weight is 752 g/mol. The monoisotopic (exact) mass is 751 g/mol. The molecule has 11 nitrogen and oxygen atoms in total. The highest BCUT2D eigenvalue weighted by Crippen LogP contribution is 2.33. The molecule has 3 rings (SSSR count). The lowest BCUT2D eigenvalue weighted by Gasteiger charge is -2.27. The SMILES string of the molecule is CCCCC(C)(CC)SCC(=O)NCC(=O)NCC(=O)N[C@@H](Cc1ccccc1)C(=O)NCC(=O)NCOCc1ccc(Cc2csc(C)c2)cc1. The molecule has 3 aromatic rings. The smallest absolute Gasteiger partial charge is 0.243 e. The fourth-order valence-corrected chi connectivity index (χ4v) is 6.93. The molecule has 0 bridgehead atoms. The fraction of sp³-hybridized carbons (Fsp3) is 0.462. The number of carbonyl (C=O) groups is 5. The lowest BCUT2D eigenvalue weighted by Crippen LogP contribution is -2.52. The molecule has 0 saturated carbocycles. The van der Waals surface area contributed by atoms with Crippen molar-refractivity contribution in [3.05, 3.63) is 93.2 Å². The minimum absolute atomic E-state index is 0.00627. The van der Waals surface area contributed by atoms with Gasteiger partial charge in [0.05, 0.1) is 32.0 Å². The second-order valence-corrected chi connectivity index (χ2v) is 15.6. The molecule has 1 aromatic heterocycles. The van der Waals surface area contributed by atoms with Crippen molar-refractivity contribution < 1.29 is 28.7 Å². The van der Waals surface area contributed by atoms with Crippen molar-refractivity contribution in [1.82, 2.24) is 26.6 Å². The van der Waals surface area contributed by atoms with Gasteiger partial charge in [0, 0.05) is 16.0 Å². The Morgan fingerprint density at radius 2 is 1.44 bits per heavy atom. The van der Waals surface area contributed by atoms with Gasteiger partial charge >= 0.3 is 0 Å². The second-order valence-electron chi connectivity index (χ2n) is 12.9. The number of aryl methyl sites for hydroxylation is 1. The van der Waals surface area contributed by atoms with Crippen LogP contribution in [0, 0.1) is 6.92 Å². The van der Waals surface area contributed by atoms with Crippen LogP contribution in [0.1, 0.15) is 73.6 Å². The number of thiophene rings is 1. The highest BCUT2D eigenvalue weighted by atomic mass is 32.2. The van der Waals surface area contributed by atoms with Crippen LogP contribution in [0.2, 0.25) is 0 Å². The summed E-state index contributed by atoms with van der Waals surface area (Å²) in [6.45, 7) is 7.80. The van der Waals surface area contributed by atoms with Gasteiger partial charge in [0.15, 0.2) is 0 Å². The molecular weight excluding hydrogens is 699 g/mol. The maximum atomic E-state index is 13.1. The largest absolute Gasteiger partial charge is 0.357 e. The number of amides is 5. The molecule has 282 valence electrons. The van der Waals surface area contributed by atoms with E-state index in [1.165, 1.54) is 16.0 Å². The van der Waals surface area contributed by atoms with E-state index >= 15 is 0 Å². The highest BCUT2D eigenvalue weighted by molar-refractivity contribution is 8.01. The van der Waals surface area contributed by atoms with Gasteiger partial charge in [-0.1, -0.05) is 88.2 Å². The molecule has 0 aliphatic carbocycles. The summed E-state index contributed by atoms with van der Waals surface area (Å²) < 4.78 is 5.60. The maximum absolute atomic E-state index is 13.1. The molecule has 0 spiro atoms. The van der Waals surface area contributed by atoms with Crippen LogP contribution in [-0.2, 0) is 48.2 Å². The lowest BCUT2D eigenvalue weighted by molar-refractivity contribution is -0.131. The topological polar surface area (TPSA) is 155 Å². The first-order chi connectivity index (χ1) is 25.0. The van der Waals surface area contributed by atoms with Crippen LogP contribution >= 0.6 is 23.1 Å². The number of unbranched alkanes of at least 4 members (excludes halogenated alkanes) is 1. The minimum Gasteiger partial charge on any atom is -0.357 e. The summed E-state index contributed by atoms with van der Waals surface area (Å²) >= 11 is 3.33. The van der Waals surface area contributed by atoms with E-state index in [2.05, 4.69) is 77.9 Å². The van der Waals surface area contributed by atoms with Crippen LogP contribution in [-0.4, -0.2) is 72.4 Å². The van der Waals surface area contributed by atoms with Gasteiger partial charge in [0.2, 0.25) is 29.5 Å². The van der Waals surface area contributed by atoms with Crippen LogP contribution in [0.25, 0.3) is 0 Å². The van der Waals surface area contributed by atoms with Crippen LogP contribution < -0.4 is 26.6 Å². The third-order valence-corrected chi connectivity index (χ3v) is 11.0. The van der Waals surface area contributed by atoms with Crippen molar-refractivity contribution in [2.75, 3.05) is 32.1 Å². The van der Waals surface area contributed by atoms with Crippen LogP contribution in [0.4, 0.5) is 0 Å². The molecule has 0 radical (unpaired) electrons. The summed E-state index contributed by atoms with van der Waals surface area (Å²) in [6.07, 6.45) is 5.19. The molecule has 0 aliphatic heterocycles. The van der Waals surface area contributed by atoms with E-state index in [4.69, 9.17) is 4.74 Å². The second kappa shape index (κ2) is 22.7. The normalized spacial score (nSPS) is 12.6. The standard InChI is InChI=1S/C39H53N5O6S2/c1-5-7-17-39(4,6-2)52-26-37(48)41-21-34(45)40-23-36(47)44-33(20-29-11-9-8-10-12-29)38(49)42-22-35(46)43-27-50-24-31-15-13-30(14-16-31)19-32-18-28(3)51-25-32/h8-16,18,25,33H,5-7,17,19-24,26-27H2,1-4H3,(H,40,45)(H,41,48)(H,42,49)(H,43,46)(H,44,47)/t33-,39?/m0/s1. The van der Waals surface area contributed by atoms with Gasteiger partial charge in [-0.3, -0.25) is 24.0 Å². The van der Waals surface area contributed by atoms with E-state index in [1.807, 2.05) is 42.5 Å². The molecule has 5 N–H and O–H groups in total. The van der Waals surface area contributed by atoms with Gasteiger partial charge < -0.3 is 31.3 Å². The first kappa shape index (κ1) is 42.2. The number of rotatable bonds is 23. The first-order valence-electron chi connectivity index (χ1n) is 17.7. The number of hydrogen-bond donors (Lipinski definition) is 5. The van der Waals surface area contributed by atoms with E-state index in [9.17, 15) is 24.0 Å². The van der Waals surface area contributed by atoms with Crippen molar-refractivity contribution in [2.24, 2.45) is 0 Å². The molecule has 13 heteroatoms. The number of hydrogen-bond acceptors (Lipinski definition) is 8. The third-order valence-electron chi connectivity index (χ3n) is 8.46. The molecule has 2 aromatic carbocycles. The molecule has 5 amide bonds. The molecule has 0 saturated heterocycles. The van der Waals surface area contributed by atoms with Gasteiger partial charge in [-0.05, 0) is 59.9 Å². The zero-order valence-corrected chi connectivity index (χ0v) is 32.3. The van der Waals surface area contributed by atoms with E-state index in [-0.39, 0.29) is 49.2 Å². The lowest BCUT2D eigenvalue weighted by atomic mass is 10.0. The first-order valence-corrected chi connectivity index (χ1v) is 19.6. The Bertz CT molecular complexity index is 1580. The van der Waals surface area contributed by atoms with E-state index in [1.54, 1.807) is 23.1 Å². The number of ether oxygens (including phenoxy) is 1. The summed E-state index contributed by atoms with van der Waals surface area (Å²) in [4.78, 5) is 64.3. The predicted octanol–water partition coefficient (Wildman–Crippen LogP) is 4.41. The van der Waals surface area contributed by atoms with E-state index in [0.29, 0.717) is 6.61 Å². The molecule has 52 heavy (non-hydrogen) atoms. The average Bonchev–Trinajstić information content (AvgIpc) is 3.56. The fourth-order valence-electron chi connectivity index (χ4n) is 5.15. The summed E-state index contributed by atoms with van der Waals surface area (Å²) in [6, 6.07) is 18.5. The number of benzene rings is 2. The van der Waals surface area contributed by atoms with Crippen LogP contribution in [0.15, 0.2) is 66.0 Å². The third kappa shape index (κ3) is 16.4. The van der Waals surface area contributed by atoms with E-state index in [0.717, 1.165) is 43.2 Å². The summed E-state index contributed by atoms with van der Waals surface area (Å²) in [7, 11) is 0. The molecule has 1 unspecified atom stereocenters. The summed E-state index contributed by atoms with van der Waals surface area (Å²) in [5.74, 6) is -2.13. The minimum atomic E-state index is -1.00. The molecule has 2 atom stereocenters. The van der Waals surface area contributed by atoms with Crippen molar-refractivity contribution in [3.63, 3.8) is 0 Å². The highest BCUT2D eigenvalue weighted by Gasteiger charge is 2.24. The summed E-state index contributed by atoms with van der Waals surface area (Å²) in [5, 5.41) is 15.1. The Labute approximate surface area is 315 Å². The number of nitrogens with one attached hydrogen (secondary N) is 5. The number of thioether (sulfide) groups is 1. The molecule has 0 fully saturated rings. The Hall–Kier alpha value is -4.20. The maximum Gasteiger partial charge on any atom is 0.243 e. The molecule has 0 aliphatic rings. The van der Waals surface area contributed by atoms with Gasteiger partial charge in [0.1, 0.15) is 12.8 Å². The summed E-state index contributed by atoms with van der Waals surface area (Å²) in [5.41, 5.74) is 4.27. The Morgan fingerprint density at radius 3 is 2.12 bits per heavy atom. The van der Waals surface area contributed by atoms with Crippen molar-refractivity contribution in [1.29, 1.82) is 0 Å². The Kier molecular flexibility index (Phi) is 18.4. The van der Waals surface area contributed by atoms with Crippen molar-refractivity contribution >= 4 is 52.6 Å². The van der Waals surface area contributed by atoms with Gasteiger partial charge in [-0.15, -0.1) is 23.1 Å². The zero-order valence-electron chi connectivity index (χ0n) is 30.7. The predicted molar refractivity (Wildman–Crippen MR) is 208 cm³/mol. The molecular formula is C39H53N5O6S2. The quantitative estimate of drug-likeness (QED) is 0.0711. The van der Waals surface area contributed by atoms with Crippen molar-refractivity contribution in [3.8, 4) is 0 Å². The Balaban J connectivity index is 1.38. The van der Waals surface area contributed by atoms with Crippen LogP contribution in [0.5, 0.6) is 0 Å². The number of carbonyl (C=O) groups excluding carboxylic acids is 5. The van der Waals surface area contributed by atoms with E-state index < -0.39 is 29.7 Å². The zero-order chi connectivity index (χ0) is 37.8. The van der Waals surface area contributed by atoms with Crippen molar-refractivity contribution in [2.45, 2.75) is 83.6 Å². The van der Waals surface area contributed by atoms with Gasteiger partial charge in [-0.25, -0.2) is 0 Å². The Morgan fingerprint density at radius 1 is 0.788 bits per heavy atom. The van der Waals surface area contributed by atoms with Crippen LogP contribution in [0.3, 0.4) is 0 Å². The molecule has 1 heterocycles. The van der Waals surface area contributed by atoms with Gasteiger partial charge in [0.25, 0.3) is 0 Å². The van der Waals surface area contributed by atoms with Gasteiger partial charge in [-0.2, -0.15) is 0 Å².